The molecule has 1 atom stereocenters. The molecule has 0 radical (unpaired) electrons. The molecule has 0 bridgehead atoms. The molecule has 1 nitrogen and oxygen atoms in total. The Kier molecular flexibility index (Phi) is 5.51. The van der Waals surface area contributed by atoms with E-state index in [4.69, 9.17) is 23.2 Å². The van der Waals surface area contributed by atoms with E-state index in [1.54, 1.807) is 6.07 Å². The van der Waals surface area contributed by atoms with Crippen LogP contribution in [-0.4, -0.2) is 7.05 Å². The zero-order valence-electron chi connectivity index (χ0n) is 10.5. The third kappa shape index (κ3) is 4.09. The second-order valence-corrected chi connectivity index (χ2v) is 6.42. The fraction of sp³-hybridized carbons (Fsp3) is 0.200. The Morgan fingerprint density at radius 1 is 1.11 bits per heavy atom. The molecule has 0 aliphatic carbocycles. The second kappa shape index (κ2) is 6.93. The molecule has 0 fully saturated rings. The van der Waals surface area contributed by atoms with Gasteiger partial charge in [0.15, 0.2) is 0 Å². The molecule has 0 aliphatic rings. The van der Waals surface area contributed by atoms with Gasteiger partial charge >= 0.3 is 0 Å². The van der Waals surface area contributed by atoms with E-state index in [-0.39, 0.29) is 6.04 Å². The molecule has 2 aromatic rings. The standard InChI is InChI=1S/C15H14Cl2IN/c1-19-15(10-3-6-13(18)7-4-10)8-11-2-5-12(16)9-14(11)17/h2-7,9,15,19H,8H2,1H3. The van der Waals surface area contributed by atoms with Crippen molar-refractivity contribution in [3.05, 3.63) is 67.2 Å². The maximum atomic E-state index is 6.23. The Hall–Kier alpha value is -0.290. The van der Waals surface area contributed by atoms with Crippen LogP contribution in [0.3, 0.4) is 0 Å². The monoisotopic (exact) mass is 405 g/mol. The van der Waals surface area contributed by atoms with Gasteiger partial charge in [0.05, 0.1) is 0 Å². The molecule has 1 N–H and O–H groups in total. The lowest BCUT2D eigenvalue weighted by atomic mass is 9.99. The minimum Gasteiger partial charge on any atom is -0.313 e. The quantitative estimate of drug-likeness (QED) is 0.697. The highest BCUT2D eigenvalue weighted by Gasteiger charge is 2.12. The van der Waals surface area contributed by atoms with Gasteiger partial charge in [-0.05, 0) is 71.5 Å². The third-order valence-corrected chi connectivity index (χ3v) is 4.37. The van der Waals surface area contributed by atoms with Gasteiger partial charge in [-0.25, -0.2) is 0 Å². The third-order valence-electron chi connectivity index (χ3n) is 3.06. The van der Waals surface area contributed by atoms with Crippen molar-refractivity contribution in [1.29, 1.82) is 0 Å². The first-order valence-corrected chi connectivity index (χ1v) is 7.80. The average Bonchev–Trinajstić information content (AvgIpc) is 2.39. The van der Waals surface area contributed by atoms with Crippen LogP contribution in [-0.2, 0) is 6.42 Å². The van der Waals surface area contributed by atoms with E-state index in [2.05, 4.69) is 52.2 Å². The Morgan fingerprint density at radius 2 is 1.79 bits per heavy atom. The van der Waals surface area contributed by atoms with E-state index in [0.29, 0.717) is 5.02 Å². The Bertz CT molecular complexity index is 555. The minimum absolute atomic E-state index is 0.246. The second-order valence-electron chi connectivity index (χ2n) is 4.33. The van der Waals surface area contributed by atoms with Crippen LogP contribution in [0.5, 0.6) is 0 Å². The van der Waals surface area contributed by atoms with Gasteiger partial charge in [-0.1, -0.05) is 41.4 Å². The summed E-state index contributed by atoms with van der Waals surface area (Å²) in [7, 11) is 1.96. The maximum Gasteiger partial charge on any atom is 0.0453 e. The summed E-state index contributed by atoms with van der Waals surface area (Å²) in [5, 5.41) is 4.73. The van der Waals surface area contributed by atoms with Gasteiger partial charge < -0.3 is 5.32 Å². The van der Waals surface area contributed by atoms with Crippen molar-refractivity contribution in [2.75, 3.05) is 7.05 Å². The summed E-state index contributed by atoms with van der Waals surface area (Å²) in [6, 6.07) is 14.4. The topological polar surface area (TPSA) is 12.0 Å². The highest BCUT2D eigenvalue weighted by Crippen LogP contribution is 2.26. The predicted octanol–water partition coefficient (Wildman–Crippen LogP) is 5.10. The molecule has 2 aromatic carbocycles. The van der Waals surface area contributed by atoms with Crippen molar-refractivity contribution < 1.29 is 0 Å². The molecule has 4 heteroatoms. The van der Waals surface area contributed by atoms with Crippen LogP contribution in [0.1, 0.15) is 17.2 Å². The van der Waals surface area contributed by atoms with Crippen LogP contribution >= 0.6 is 45.8 Å². The molecule has 19 heavy (non-hydrogen) atoms. The fourth-order valence-electron chi connectivity index (χ4n) is 1.99. The number of hydrogen-bond donors (Lipinski definition) is 1. The smallest absolute Gasteiger partial charge is 0.0453 e. The van der Waals surface area contributed by atoms with Gasteiger partial charge in [0.1, 0.15) is 0 Å². The molecule has 0 saturated heterocycles. The van der Waals surface area contributed by atoms with Gasteiger partial charge in [-0.3, -0.25) is 0 Å². The molecule has 100 valence electrons. The Morgan fingerprint density at radius 3 is 2.37 bits per heavy atom. The summed E-state index contributed by atoms with van der Waals surface area (Å²) in [6.07, 6.45) is 0.840. The van der Waals surface area contributed by atoms with Crippen LogP contribution in [0, 0.1) is 3.57 Å². The van der Waals surface area contributed by atoms with E-state index in [9.17, 15) is 0 Å². The summed E-state index contributed by atoms with van der Waals surface area (Å²) in [4.78, 5) is 0. The van der Waals surface area contributed by atoms with E-state index in [1.807, 2.05) is 19.2 Å². The lowest BCUT2D eigenvalue weighted by molar-refractivity contribution is 0.592. The number of hydrogen-bond acceptors (Lipinski definition) is 1. The highest BCUT2D eigenvalue weighted by molar-refractivity contribution is 14.1. The maximum absolute atomic E-state index is 6.23. The molecule has 0 saturated carbocycles. The normalized spacial score (nSPS) is 12.4. The largest absolute Gasteiger partial charge is 0.313 e. The van der Waals surface area contributed by atoms with Crippen molar-refractivity contribution >= 4 is 45.8 Å². The summed E-state index contributed by atoms with van der Waals surface area (Å²) >= 11 is 14.5. The number of likely N-dealkylation sites (N-methyl/N-ethyl adjacent to an activating group) is 1. The predicted molar refractivity (Wildman–Crippen MR) is 91.1 cm³/mol. The van der Waals surface area contributed by atoms with Gasteiger partial charge in [0, 0.05) is 19.7 Å². The Balaban J connectivity index is 2.21. The lowest BCUT2D eigenvalue weighted by Crippen LogP contribution is -2.19. The lowest BCUT2D eigenvalue weighted by Gasteiger charge is -2.17. The van der Waals surface area contributed by atoms with Crippen molar-refractivity contribution in [2.45, 2.75) is 12.5 Å². The number of nitrogens with one attached hydrogen (secondary N) is 1. The summed E-state index contributed by atoms with van der Waals surface area (Å²) in [5.74, 6) is 0. The fourth-order valence-corrected chi connectivity index (χ4v) is 2.83. The van der Waals surface area contributed by atoms with Crippen LogP contribution < -0.4 is 5.32 Å². The number of benzene rings is 2. The molecule has 2 rings (SSSR count). The summed E-state index contributed by atoms with van der Waals surface area (Å²) < 4.78 is 1.24. The minimum atomic E-state index is 0.246. The van der Waals surface area contributed by atoms with Crippen molar-refractivity contribution in [1.82, 2.24) is 5.32 Å². The summed E-state index contributed by atoms with van der Waals surface area (Å²) in [6.45, 7) is 0. The van der Waals surface area contributed by atoms with Gasteiger partial charge in [-0.2, -0.15) is 0 Å². The first-order chi connectivity index (χ1) is 9.10. The molecule has 0 aliphatic heterocycles. The zero-order valence-corrected chi connectivity index (χ0v) is 14.1. The van der Waals surface area contributed by atoms with Gasteiger partial charge in [0.25, 0.3) is 0 Å². The molecule has 1 unspecified atom stereocenters. The van der Waals surface area contributed by atoms with Gasteiger partial charge in [-0.15, -0.1) is 0 Å². The van der Waals surface area contributed by atoms with Crippen LogP contribution in [0.15, 0.2) is 42.5 Å². The van der Waals surface area contributed by atoms with Gasteiger partial charge in [0.2, 0.25) is 0 Å². The van der Waals surface area contributed by atoms with E-state index in [0.717, 1.165) is 17.0 Å². The average molecular weight is 406 g/mol. The molecule has 0 spiro atoms. The van der Waals surface area contributed by atoms with E-state index in [1.165, 1.54) is 9.13 Å². The zero-order chi connectivity index (χ0) is 13.8. The van der Waals surface area contributed by atoms with Crippen LogP contribution in [0.25, 0.3) is 0 Å². The van der Waals surface area contributed by atoms with Crippen LogP contribution in [0.4, 0.5) is 0 Å². The van der Waals surface area contributed by atoms with Crippen molar-refractivity contribution in [3.8, 4) is 0 Å². The first-order valence-electron chi connectivity index (χ1n) is 5.97. The molecular weight excluding hydrogens is 392 g/mol. The highest BCUT2D eigenvalue weighted by atomic mass is 127. The Labute approximate surface area is 137 Å². The molecule has 0 heterocycles. The molecule has 0 amide bonds. The molecular formula is C15H14Cl2IN. The van der Waals surface area contributed by atoms with Crippen molar-refractivity contribution in [2.24, 2.45) is 0 Å². The first kappa shape index (κ1) is 15.1. The summed E-state index contributed by atoms with van der Waals surface area (Å²) in [5.41, 5.74) is 2.36. The molecule has 0 aromatic heterocycles. The van der Waals surface area contributed by atoms with E-state index < -0.39 is 0 Å². The van der Waals surface area contributed by atoms with Crippen molar-refractivity contribution in [3.63, 3.8) is 0 Å². The van der Waals surface area contributed by atoms with Crippen LogP contribution in [0.2, 0.25) is 10.0 Å². The SMILES string of the molecule is CNC(Cc1ccc(Cl)cc1Cl)c1ccc(I)cc1. The number of halogens is 3. The number of rotatable bonds is 4. The van der Waals surface area contributed by atoms with E-state index >= 15 is 0 Å².